The second-order valence-corrected chi connectivity index (χ2v) is 7.16. The minimum absolute atomic E-state index is 0.116. The summed E-state index contributed by atoms with van der Waals surface area (Å²) in [4.78, 5) is 15.4. The largest absolute Gasteiger partial charge is 0.361 e. The molecule has 2 aromatic rings. The van der Waals surface area contributed by atoms with Crippen molar-refractivity contribution in [1.29, 1.82) is 0 Å². The number of fused-ring (bicyclic) bond motifs is 1. The summed E-state index contributed by atoms with van der Waals surface area (Å²) in [7, 11) is 0. The van der Waals surface area contributed by atoms with Gasteiger partial charge in [-0.2, -0.15) is 0 Å². The van der Waals surface area contributed by atoms with Gasteiger partial charge in [-0.25, -0.2) is 0 Å². The second-order valence-electron chi connectivity index (χ2n) is 7.16. The van der Waals surface area contributed by atoms with Crippen molar-refractivity contribution in [3.63, 3.8) is 0 Å². The molecular weight excluding hydrogens is 316 g/mol. The molecule has 0 aliphatic carbocycles. The Hall–Kier alpha value is -1.85. The van der Waals surface area contributed by atoms with Gasteiger partial charge in [0.1, 0.15) is 0 Å². The SMILES string of the molecule is CC(CNC(=O)CCCc1c[nH]c2ccccc12)CC1(C)OCCO1. The van der Waals surface area contributed by atoms with E-state index in [1.807, 2.05) is 25.3 Å². The van der Waals surface area contributed by atoms with Crippen LogP contribution in [0.5, 0.6) is 0 Å². The molecule has 1 saturated heterocycles. The molecule has 3 rings (SSSR count). The summed E-state index contributed by atoms with van der Waals surface area (Å²) in [6, 6.07) is 8.27. The van der Waals surface area contributed by atoms with Crippen LogP contribution in [0.25, 0.3) is 10.9 Å². The van der Waals surface area contributed by atoms with Crippen LogP contribution in [0.4, 0.5) is 0 Å². The predicted octanol–water partition coefficient (Wildman–Crippen LogP) is 3.40. The van der Waals surface area contributed by atoms with E-state index in [1.165, 1.54) is 10.9 Å². The van der Waals surface area contributed by atoms with Gasteiger partial charge in [0.2, 0.25) is 5.91 Å². The zero-order valence-electron chi connectivity index (χ0n) is 15.1. The first kappa shape index (κ1) is 18.0. The molecule has 1 aliphatic rings. The number of benzene rings is 1. The highest BCUT2D eigenvalue weighted by atomic mass is 16.7. The van der Waals surface area contributed by atoms with Crippen LogP contribution >= 0.6 is 0 Å². The van der Waals surface area contributed by atoms with Gasteiger partial charge in [0.15, 0.2) is 5.79 Å². The Balaban J connectivity index is 1.36. The number of hydrogen-bond acceptors (Lipinski definition) is 3. The van der Waals surface area contributed by atoms with Gasteiger partial charge in [0.05, 0.1) is 13.2 Å². The fourth-order valence-corrected chi connectivity index (χ4v) is 3.53. The third-order valence-corrected chi connectivity index (χ3v) is 4.79. The first-order chi connectivity index (χ1) is 12.1. The standard InChI is InChI=1S/C20H28N2O3/c1-15(12-20(2)24-10-11-25-20)13-22-19(23)9-5-6-16-14-21-18-8-4-3-7-17(16)18/h3-4,7-8,14-15,21H,5-6,9-13H2,1-2H3,(H,22,23). The number of hydrogen-bond donors (Lipinski definition) is 2. The van der Waals surface area contributed by atoms with Gasteiger partial charge < -0.3 is 19.8 Å². The van der Waals surface area contributed by atoms with E-state index in [4.69, 9.17) is 9.47 Å². The van der Waals surface area contributed by atoms with Crippen LogP contribution in [0.2, 0.25) is 0 Å². The lowest BCUT2D eigenvalue weighted by Crippen LogP contribution is -2.34. The molecule has 1 fully saturated rings. The van der Waals surface area contributed by atoms with Crippen LogP contribution < -0.4 is 5.32 Å². The molecule has 5 nitrogen and oxygen atoms in total. The molecule has 2 heterocycles. The number of aromatic amines is 1. The molecule has 0 bridgehead atoms. The van der Waals surface area contributed by atoms with E-state index in [1.54, 1.807) is 0 Å². The third kappa shape index (κ3) is 4.83. The number of para-hydroxylation sites is 1. The number of carbonyl (C=O) groups is 1. The van der Waals surface area contributed by atoms with Crippen molar-refractivity contribution in [2.45, 2.75) is 45.3 Å². The Bertz CT molecular complexity index is 704. The highest BCUT2D eigenvalue weighted by Crippen LogP contribution is 2.26. The Morgan fingerprint density at radius 1 is 1.32 bits per heavy atom. The summed E-state index contributed by atoms with van der Waals surface area (Å²) in [5, 5.41) is 4.28. The maximum atomic E-state index is 12.1. The van der Waals surface area contributed by atoms with Gasteiger partial charge in [-0.15, -0.1) is 0 Å². The van der Waals surface area contributed by atoms with Crippen molar-refractivity contribution < 1.29 is 14.3 Å². The Morgan fingerprint density at radius 3 is 2.88 bits per heavy atom. The van der Waals surface area contributed by atoms with E-state index in [0.29, 0.717) is 32.1 Å². The van der Waals surface area contributed by atoms with Crippen molar-refractivity contribution in [1.82, 2.24) is 10.3 Å². The molecule has 0 radical (unpaired) electrons. The highest BCUT2D eigenvalue weighted by molar-refractivity contribution is 5.83. The third-order valence-electron chi connectivity index (χ3n) is 4.79. The molecule has 25 heavy (non-hydrogen) atoms. The molecule has 136 valence electrons. The number of ether oxygens (including phenoxy) is 2. The van der Waals surface area contributed by atoms with Crippen LogP contribution in [0.15, 0.2) is 30.5 Å². The molecule has 5 heteroatoms. The van der Waals surface area contributed by atoms with E-state index in [2.05, 4.69) is 29.4 Å². The minimum Gasteiger partial charge on any atom is -0.361 e. The molecule has 1 amide bonds. The number of carbonyl (C=O) groups excluding carboxylic acids is 1. The Labute approximate surface area is 149 Å². The normalized spacial score (nSPS) is 17.7. The molecule has 1 unspecified atom stereocenters. The molecule has 1 aliphatic heterocycles. The van der Waals surface area contributed by atoms with Gasteiger partial charge in [-0.1, -0.05) is 25.1 Å². The van der Waals surface area contributed by atoms with Crippen LogP contribution in [-0.4, -0.2) is 36.4 Å². The Kier molecular flexibility index (Phi) is 5.76. The van der Waals surface area contributed by atoms with Crippen molar-refractivity contribution in [3.05, 3.63) is 36.0 Å². The summed E-state index contributed by atoms with van der Waals surface area (Å²) in [5.74, 6) is -0.0507. The van der Waals surface area contributed by atoms with Crippen LogP contribution in [0.3, 0.4) is 0 Å². The fourth-order valence-electron chi connectivity index (χ4n) is 3.53. The lowest BCUT2D eigenvalue weighted by atomic mass is 10.0. The van der Waals surface area contributed by atoms with Crippen LogP contribution in [0, 0.1) is 5.92 Å². The molecule has 1 atom stereocenters. The summed E-state index contributed by atoms with van der Waals surface area (Å²) in [6.07, 6.45) is 5.16. The quantitative estimate of drug-likeness (QED) is 0.771. The number of H-pyrrole nitrogens is 1. The van der Waals surface area contributed by atoms with E-state index < -0.39 is 5.79 Å². The van der Waals surface area contributed by atoms with Gasteiger partial charge in [0.25, 0.3) is 0 Å². The van der Waals surface area contributed by atoms with Gasteiger partial charge in [0, 0.05) is 36.5 Å². The number of nitrogens with one attached hydrogen (secondary N) is 2. The van der Waals surface area contributed by atoms with Crippen LogP contribution in [0.1, 0.15) is 38.7 Å². The summed E-state index contributed by atoms with van der Waals surface area (Å²) >= 11 is 0. The van der Waals surface area contributed by atoms with Gasteiger partial charge >= 0.3 is 0 Å². The van der Waals surface area contributed by atoms with Crippen molar-refractivity contribution in [2.24, 2.45) is 5.92 Å². The maximum absolute atomic E-state index is 12.1. The lowest BCUT2D eigenvalue weighted by Gasteiger charge is -2.26. The average Bonchev–Trinajstić information content (AvgIpc) is 3.20. The topological polar surface area (TPSA) is 63.4 Å². The number of aryl methyl sites for hydroxylation is 1. The van der Waals surface area contributed by atoms with Gasteiger partial charge in [-0.3, -0.25) is 4.79 Å². The average molecular weight is 344 g/mol. The minimum atomic E-state index is -0.487. The summed E-state index contributed by atoms with van der Waals surface area (Å²) in [5.41, 5.74) is 2.43. The molecular formula is C20H28N2O3. The van der Waals surface area contributed by atoms with Crippen molar-refractivity contribution in [3.8, 4) is 0 Å². The van der Waals surface area contributed by atoms with E-state index in [-0.39, 0.29) is 5.91 Å². The zero-order chi connectivity index (χ0) is 17.7. The lowest BCUT2D eigenvalue weighted by molar-refractivity contribution is -0.154. The smallest absolute Gasteiger partial charge is 0.220 e. The maximum Gasteiger partial charge on any atom is 0.220 e. The number of rotatable bonds is 8. The van der Waals surface area contributed by atoms with E-state index in [0.717, 1.165) is 24.8 Å². The molecule has 2 N–H and O–H groups in total. The molecule has 0 spiro atoms. The monoisotopic (exact) mass is 344 g/mol. The fraction of sp³-hybridized carbons (Fsp3) is 0.550. The van der Waals surface area contributed by atoms with Crippen molar-refractivity contribution in [2.75, 3.05) is 19.8 Å². The van der Waals surface area contributed by atoms with Gasteiger partial charge in [-0.05, 0) is 37.3 Å². The number of aromatic nitrogens is 1. The second kappa shape index (κ2) is 8.02. The van der Waals surface area contributed by atoms with Crippen molar-refractivity contribution >= 4 is 16.8 Å². The molecule has 1 aromatic carbocycles. The number of amides is 1. The van der Waals surface area contributed by atoms with Crippen LogP contribution in [-0.2, 0) is 20.7 Å². The molecule has 0 saturated carbocycles. The first-order valence-corrected chi connectivity index (χ1v) is 9.15. The highest BCUT2D eigenvalue weighted by Gasteiger charge is 2.32. The first-order valence-electron chi connectivity index (χ1n) is 9.15. The van der Waals surface area contributed by atoms with E-state index >= 15 is 0 Å². The molecule has 1 aromatic heterocycles. The van der Waals surface area contributed by atoms with E-state index in [9.17, 15) is 4.79 Å². The zero-order valence-corrected chi connectivity index (χ0v) is 15.1. The summed E-state index contributed by atoms with van der Waals surface area (Å²) in [6.45, 7) is 6.06. The summed E-state index contributed by atoms with van der Waals surface area (Å²) < 4.78 is 11.2. The Morgan fingerprint density at radius 2 is 2.08 bits per heavy atom. The predicted molar refractivity (Wildman–Crippen MR) is 98.3 cm³/mol.